The number of halogens is 3. The highest BCUT2D eigenvalue weighted by molar-refractivity contribution is 9.10. The van der Waals surface area contributed by atoms with Gasteiger partial charge in [0.1, 0.15) is 18.2 Å². The smallest absolute Gasteiger partial charge is 0.138 e. The molecule has 0 bridgehead atoms. The van der Waals surface area contributed by atoms with Gasteiger partial charge in [0, 0.05) is 11.1 Å². The van der Waals surface area contributed by atoms with Crippen LogP contribution < -0.4 is 4.74 Å². The fraction of sp³-hybridized carbons (Fsp3) is 0.133. The van der Waals surface area contributed by atoms with E-state index in [2.05, 4.69) is 15.9 Å². The highest BCUT2D eigenvalue weighted by Gasteiger charge is 2.10. The second kappa shape index (κ2) is 6.74. The van der Waals surface area contributed by atoms with E-state index in [1.807, 2.05) is 24.3 Å². The molecule has 0 aromatic heterocycles. The molecule has 0 aliphatic carbocycles. The summed E-state index contributed by atoms with van der Waals surface area (Å²) >= 11 is 9.25. The van der Waals surface area contributed by atoms with E-state index in [0.717, 1.165) is 10.0 Å². The van der Waals surface area contributed by atoms with Crippen LogP contribution in [0.25, 0.3) is 0 Å². The summed E-state index contributed by atoms with van der Waals surface area (Å²) in [6, 6.07) is 11.6. The van der Waals surface area contributed by atoms with Crippen molar-refractivity contribution in [3.05, 3.63) is 63.4 Å². The second-order valence-electron chi connectivity index (χ2n) is 4.06. The van der Waals surface area contributed by atoms with Crippen LogP contribution in [0.4, 0.5) is 4.39 Å². The third kappa shape index (κ3) is 3.30. The van der Waals surface area contributed by atoms with Crippen LogP contribution in [-0.2, 0) is 12.5 Å². The molecule has 0 heterocycles. The molecule has 0 aliphatic heterocycles. The average molecular weight is 355 g/mol. The predicted octanol–water partition coefficient (Wildman–Crippen LogP) is 4.78. The van der Waals surface area contributed by atoms with E-state index < -0.39 is 5.82 Å². The normalized spacial score (nSPS) is 10.1. The molecule has 0 unspecified atom stereocenters. The van der Waals surface area contributed by atoms with Crippen LogP contribution in [0.2, 0.25) is 0 Å². The first-order valence-electron chi connectivity index (χ1n) is 5.80. The van der Waals surface area contributed by atoms with Crippen molar-refractivity contribution in [1.29, 1.82) is 5.26 Å². The van der Waals surface area contributed by atoms with E-state index in [4.69, 9.17) is 21.6 Å². The summed E-state index contributed by atoms with van der Waals surface area (Å²) in [7, 11) is 0. The van der Waals surface area contributed by atoms with Crippen molar-refractivity contribution in [1.82, 2.24) is 0 Å². The zero-order valence-corrected chi connectivity index (χ0v) is 12.7. The van der Waals surface area contributed by atoms with Gasteiger partial charge in [-0.3, -0.25) is 0 Å². The van der Waals surface area contributed by atoms with Crippen LogP contribution in [0.5, 0.6) is 5.75 Å². The van der Waals surface area contributed by atoms with E-state index in [-0.39, 0.29) is 6.61 Å². The number of ether oxygens (including phenoxy) is 1. The number of alkyl halides is 1. The Hall–Kier alpha value is -1.57. The molecule has 0 atom stereocenters. The molecule has 2 aromatic carbocycles. The molecule has 2 nitrogen and oxygen atoms in total. The molecule has 0 radical (unpaired) electrons. The SMILES string of the molecule is N#Cc1ccc(F)cc1COc1c(Br)cccc1CCl. The van der Waals surface area contributed by atoms with Gasteiger partial charge in [-0.25, -0.2) is 4.39 Å². The molecule has 5 heteroatoms. The summed E-state index contributed by atoms with van der Waals surface area (Å²) in [5.74, 6) is 0.520. The van der Waals surface area contributed by atoms with Crippen LogP contribution in [0.1, 0.15) is 16.7 Å². The van der Waals surface area contributed by atoms with Gasteiger partial charge < -0.3 is 4.74 Å². The molecule has 0 spiro atoms. The monoisotopic (exact) mass is 353 g/mol. The van der Waals surface area contributed by atoms with Crippen molar-refractivity contribution in [3.63, 3.8) is 0 Å². The number of rotatable bonds is 4. The van der Waals surface area contributed by atoms with E-state index in [0.29, 0.717) is 22.8 Å². The Balaban J connectivity index is 2.26. The quantitative estimate of drug-likeness (QED) is 0.740. The Morgan fingerprint density at radius 3 is 2.75 bits per heavy atom. The minimum atomic E-state index is -0.396. The Bertz CT molecular complexity index is 669. The summed E-state index contributed by atoms with van der Waals surface area (Å²) in [4.78, 5) is 0. The van der Waals surface area contributed by atoms with Gasteiger partial charge in [-0.1, -0.05) is 12.1 Å². The Morgan fingerprint density at radius 1 is 1.25 bits per heavy atom. The molecule has 2 rings (SSSR count). The Labute approximate surface area is 129 Å². The number of hydrogen-bond acceptors (Lipinski definition) is 2. The van der Waals surface area contributed by atoms with Crippen molar-refractivity contribution < 1.29 is 9.13 Å². The van der Waals surface area contributed by atoms with Gasteiger partial charge in [-0.05, 0) is 40.2 Å². The summed E-state index contributed by atoms with van der Waals surface area (Å²) < 4.78 is 19.7. The highest BCUT2D eigenvalue weighted by Crippen LogP contribution is 2.31. The molecule has 2 aromatic rings. The van der Waals surface area contributed by atoms with E-state index in [1.54, 1.807) is 0 Å². The van der Waals surface area contributed by atoms with E-state index in [9.17, 15) is 4.39 Å². The first kappa shape index (κ1) is 14.8. The molecule has 102 valence electrons. The van der Waals surface area contributed by atoms with Gasteiger partial charge in [0.05, 0.1) is 22.0 Å². The topological polar surface area (TPSA) is 33.0 Å². The minimum absolute atomic E-state index is 0.104. The Kier molecular flexibility index (Phi) is 4.99. The van der Waals surface area contributed by atoms with Crippen LogP contribution in [0, 0.1) is 17.1 Å². The maximum absolute atomic E-state index is 13.2. The number of nitrogens with zero attached hydrogens (tertiary/aromatic N) is 1. The molecular weight excluding hydrogens is 345 g/mol. The lowest BCUT2D eigenvalue weighted by molar-refractivity contribution is 0.301. The van der Waals surface area contributed by atoms with Gasteiger partial charge in [0.15, 0.2) is 0 Å². The largest absolute Gasteiger partial charge is 0.487 e. The number of benzene rings is 2. The fourth-order valence-electron chi connectivity index (χ4n) is 1.76. The molecule has 0 fully saturated rings. The summed E-state index contributed by atoms with van der Waals surface area (Å²) in [5, 5.41) is 9.00. The molecule has 0 saturated carbocycles. The Morgan fingerprint density at radius 2 is 2.05 bits per heavy atom. The zero-order valence-electron chi connectivity index (χ0n) is 10.4. The molecule has 0 saturated heterocycles. The van der Waals surface area contributed by atoms with Gasteiger partial charge >= 0.3 is 0 Å². The molecule has 0 amide bonds. The molecule has 20 heavy (non-hydrogen) atoms. The number of hydrogen-bond donors (Lipinski definition) is 0. The van der Waals surface area contributed by atoms with Gasteiger partial charge in [-0.15, -0.1) is 11.6 Å². The van der Waals surface area contributed by atoms with Gasteiger partial charge in [-0.2, -0.15) is 5.26 Å². The molecule has 0 N–H and O–H groups in total. The van der Waals surface area contributed by atoms with E-state index in [1.165, 1.54) is 18.2 Å². The van der Waals surface area contributed by atoms with Crippen LogP contribution in [-0.4, -0.2) is 0 Å². The van der Waals surface area contributed by atoms with Gasteiger partial charge in [0.2, 0.25) is 0 Å². The third-order valence-electron chi connectivity index (χ3n) is 2.75. The minimum Gasteiger partial charge on any atom is -0.487 e. The van der Waals surface area contributed by atoms with Crippen molar-refractivity contribution >= 4 is 27.5 Å². The molecular formula is C15H10BrClFNO. The standard InChI is InChI=1S/C15H10BrClFNO/c16-14-3-1-2-10(7-17)15(14)20-9-12-6-13(18)5-4-11(12)8-19/h1-6H,7,9H2. The summed E-state index contributed by atoms with van der Waals surface area (Å²) in [6.45, 7) is 0.104. The highest BCUT2D eigenvalue weighted by atomic mass is 79.9. The lowest BCUT2D eigenvalue weighted by Gasteiger charge is -2.12. The van der Waals surface area contributed by atoms with Crippen molar-refractivity contribution in [2.75, 3.05) is 0 Å². The first-order valence-corrected chi connectivity index (χ1v) is 7.13. The summed E-state index contributed by atoms with van der Waals surface area (Å²) in [5.41, 5.74) is 1.73. The summed E-state index contributed by atoms with van der Waals surface area (Å²) in [6.07, 6.45) is 0. The maximum atomic E-state index is 13.2. The van der Waals surface area contributed by atoms with E-state index >= 15 is 0 Å². The maximum Gasteiger partial charge on any atom is 0.138 e. The van der Waals surface area contributed by atoms with Gasteiger partial charge in [0.25, 0.3) is 0 Å². The lowest BCUT2D eigenvalue weighted by Crippen LogP contribution is -2.01. The fourth-order valence-corrected chi connectivity index (χ4v) is 2.49. The third-order valence-corrected chi connectivity index (χ3v) is 3.66. The predicted molar refractivity (Wildman–Crippen MR) is 79.1 cm³/mol. The van der Waals surface area contributed by atoms with Crippen LogP contribution >= 0.6 is 27.5 Å². The van der Waals surface area contributed by atoms with Crippen molar-refractivity contribution in [3.8, 4) is 11.8 Å². The second-order valence-corrected chi connectivity index (χ2v) is 5.19. The zero-order chi connectivity index (χ0) is 14.5. The van der Waals surface area contributed by atoms with Crippen LogP contribution in [0.3, 0.4) is 0 Å². The lowest BCUT2D eigenvalue weighted by atomic mass is 10.1. The van der Waals surface area contributed by atoms with Crippen molar-refractivity contribution in [2.45, 2.75) is 12.5 Å². The first-order chi connectivity index (χ1) is 9.65. The molecule has 0 aliphatic rings. The number of para-hydroxylation sites is 1. The number of nitriles is 1. The van der Waals surface area contributed by atoms with Crippen molar-refractivity contribution in [2.24, 2.45) is 0 Å². The average Bonchev–Trinajstić information content (AvgIpc) is 2.46. The van der Waals surface area contributed by atoms with Crippen LogP contribution in [0.15, 0.2) is 40.9 Å².